The molecule has 24 heavy (non-hydrogen) atoms. The van der Waals surface area contributed by atoms with Crippen molar-refractivity contribution in [1.29, 1.82) is 0 Å². The molecule has 3 rings (SSSR count). The summed E-state index contributed by atoms with van der Waals surface area (Å²) in [5.41, 5.74) is 2.00. The molecule has 1 fully saturated rings. The Bertz CT molecular complexity index is 648. The number of nitrogens with zero attached hydrogens (tertiary/aromatic N) is 2. The van der Waals surface area contributed by atoms with Gasteiger partial charge in [0.15, 0.2) is 0 Å². The van der Waals surface area contributed by atoms with Crippen molar-refractivity contribution in [3.8, 4) is 11.5 Å². The average molecular weight is 328 g/mol. The van der Waals surface area contributed by atoms with E-state index in [-0.39, 0.29) is 6.61 Å². The zero-order chi connectivity index (χ0) is 16.8. The Morgan fingerprint density at radius 3 is 2.92 bits per heavy atom. The number of aliphatic hydroxyl groups is 1. The zero-order valence-corrected chi connectivity index (χ0v) is 14.0. The summed E-state index contributed by atoms with van der Waals surface area (Å²) in [5.74, 6) is 2.07. The molecule has 1 aromatic heterocycles. The van der Waals surface area contributed by atoms with Gasteiger partial charge in [0.05, 0.1) is 12.8 Å². The largest absolute Gasteiger partial charge is 0.497 e. The fourth-order valence-corrected chi connectivity index (χ4v) is 3.03. The molecule has 0 aliphatic carbocycles. The summed E-state index contributed by atoms with van der Waals surface area (Å²) in [6.45, 7) is 3.43. The van der Waals surface area contributed by atoms with Crippen molar-refractivity contribution in [2.45, 2.75) is 19.6 Å². The van der Waals surface area contributed by atoms with Gasteiger partial charge in [-0.2, -0.15) is 0 Å². The average Bonchev–Trinajstić information content (AvgIpc) is 3.09. The summed E-state index contributed by atoms with van der Waals surface area (Å²) in [6.07, 6.45) is 2.82. The lowest BCUT2D eigenvalue weighted by molar-refractivity contribution is 0.218. The van der Waals surface area contributed by atoms with E-state index < -0.39 is 0 Å². The van der Waals surface area contributed by atoms with Crippen molar-refractivity contribution >= 4 is 0 Å². The molecule has 0 spiro atoms. The SMILES string of the molecule is COc1ccc(OCc2ccccn2)c(CN2CCC(CO)C2)c1. The molecule has 1 aliphatic rings. The Morgan fingerprint density at radius 2 is 2.21 bits per heavy atom. The fraction of sp³-hybridized carbons (Fsp3) is 0.421. The molecule has 5 heteroatoms. The maximum absolute atomic E-state index is 9.32. The van der Waals surface area contributed by atoms with Gasteiger partial charge in [-0.3, -0.25) is 9.88 Å². The van der Waals surface area contributed by atoms with Crippen LogP contribution in [0.5, 0.6) is 11.5 Å². The number of pyridine rings is 1. The number of rotatable bonds is 7. The van der Waals surface area contributed by atoms with Crippen LogP contribution in [0, 0.1) is 5.92 Å². The van der Waals surface area contributed by atoms with Crippen LogP contribution in [0.2, 0.25) is 0 Å². The predicted molar refractivity (Wildman–Crippen MR) is 92.0 cm³/mol. The third-order valence-electron chi connectivity index (χ3n) is 4.39. The monoisotopic (exact) mass is 328 g/mol. The molecule has 2 heterocycles. The summed E-state index contributed by atoms with van der Waals surface area (Å²) in [5, 5.41) is 9.32. The number of hydrogen-bond acceptors (Lipinski definition) is 5. The number of aromatic nitrogens is 1. The minimum Gasteiger partial charge on any atom is -0.497 e. The third-order valence-corrected chi connectivity index (χ3v) is 4.39. The van der Waals surface area contributed by atoms with E-state index in [0.29, 0.717) is 12.5 Å². The van der Waals surface area contributed by atoms with E-state index in [1.165, 1.54) is 0 Å². The maximum Gasteiger partial charge on any atom is 0.130 e. The highest BCUT2D eigenvalue weighted by molar-refractivity contribution is 5.40. The summed E-state index contributed by atoms with van der Waals surface area (Å²) >= 11 is 0. The molecule has 1 aromatic carbocycles. The second-order valence-corrected chi connectivity index (χ2v) is 6.16. The summed E-state index contributed by atoms with van der Waals surface area (Å²) in [7, 11) is 1.67. The van der Waals surface area contributed by atoms with Crippen molar-refractivity contribution in [3.63, 3.8) is 0 Å². The van der Waals surface area contributed by atoms with Crippen LogP contribution in [0.15, 0.2) is 42.6 Å². The first-order valence-corrected chi connectivity index (χ1v) is 8.31. The molecule has 1 N–H and O–H groups in total. The van der Waals surface area contributed by atoms with E-state index in [9.17, 15) is 5.11 Å². The van der Waals surface area contributed by atoms with Gasteiger partial charge in [-0.25, -0.2) is 0 Å². The van der Waals surface area contributed by atoms with Crippen LogP contribution in [0.3, 0.4) is 0 Å². The lowest BCUT2D eigenvalue weighted by Crippen LogP contribution is -2.21. The van der Waals surface area contributed by atoms with Crippen LogP contribution < -0.4 is 9.47 Å². The highest BCUT2D eigenvalue weighted by Gasteiger charge is 2.22. The molecule has 0 radical (unpaired) electrons. The Balaban J connectivity index is 1.71. The number of likely N-dealkylation sites (tertiary alicyclic amines) is 1. The number of benzene rings is 1. The van der Waals surface area contributed by atoms with Crippen molar-refractivity contribution in [1.82, 2.24) is 9.88 Å². The molecule has 1 aliphatic heterocycles. The van der Waals surface area contributed by atoms with Gasteiger partial charge in [-0.05, 0) is 49.2 Å². The number of hydrogen-bond donors (Lipinski definition) is 1. The molecular weight excluding hydrogens is 304 g/mol. The first-order valence-electron chi connectivity index (χ1n) is 8.31. The first-order chi connectivity index (χ1) is 11.8. The van der Waals surface area contributed by atoms with Gasteiger partial charge in [-0.15, -0.1) is 0 Å². The lowest BCUT2D eigenvalue weighted by Gasteiger charge is -2.19. The second-order valence-electron chi connectivity index (χ2n) is 6.16. The van der Waals surface area contributed by atoms with Gasteiger partial charge in [-0.1, -0.05) is 6.07 Å². The van der Waals surface area contributed by atoms with E-state index in [1.807, 2.05) is 36.4 Å². The minimum atomic E-state index is 0.262. The Morgan fingerprint density at radius 1 is 1.29 bits per heavy atom. The third kappa shape index (κ3) is 4.24. The normalized spacial score (nSPS) is 17.8. The van der Waals surface area contributed by atoms with Crippen molar-refractivity contribution in [2.75, 3.05) is 26.8 Å². The Labute approximate surface area is 142 Å². The van der Waals surface area contributed by atoms with Crippen LogP contribution >= 0.6 is 0 Å². The number of ether oxygens (including phenoxy) is 2. The van der Waals surface area contributed by atoms with E-state index >= 15 is 0 Å². The van der Waals surface area contributed by atoms with E-state index in [2.05, 4.69) is 9.88 Å². The fourth-order valence-electron chi connectivity index (χ4n) is 3.03. The quantitative estimate of drug-likeness (QED) is 0.846. The molecule has 0 amide bonds. The summed E-state index contributed by atoms with van der Waals surface area (Å²) < 4.78 is 11.3. The second kappa shape index (κ2) is 8.13. The van der Waals surface area contributed by atoms with E-state index in [0.717, 1.165) is 48.8 Å². The van der Waals surface area contributed by atoms with Gasteiger partial charge in [0, 0.05) is 31.5 Å². The van der Waals surface area contributed by atoms with Crippen molar-refractivity contribution in [3.05, 3.63) is 53.9 Å². The topological polar surface area (TPSA) is 54.8 Å². The first kappa shape index (κ1) is 16.7. The molecule has 2 aromatic rings. The Kier molecular flexibility index (Phi) is 5.67. The zero-order valence-electron chi connectivity index (χ0n) is 14.0. The molecule has 1 atom stereocenters. The highest BCUT2D eigenvalue weighted by atomic mass is 16.5. The highest BCUT2D eigenvalue weighted by Crippen LogP contribution is 2.28. The van der Waals surface area contributed by atoms with Gasteiger partial charge in [0.2, 0.25) is 0 Å². The molecule has 1 saturated heterocycles. The summed E-state index contributed by atoms with van der Waals surface area (Å²) in [4.78, 5) is 6.64. The molecule has 128 valence electrons. The summed E-state index contributed by atoms with van der Waals surface area (Å²) in [6, 6.07) is 11.7. The maximum atomic E-state index is 9.32. The van der Waals surface area contributed by atoms with Gasteiger partial charge in [0.1, 0.15) is 18.1 Å². The van der Waals surface area contributed by atoms with Crippen LogP contribution in [-0.4, -0.2) is 41.8 Å². The molecular formula is C19H24N2O3. The van der Waals surface area contributed by atoms with Gasteiger partial charge >= 0.3 is 0 Å². The van der Waals surface area contributed by atoms with Gasteiger partial charge in [0.25, 0.3) is 0 Å². The van der Waals surface area contributed by atoms with Crippen LogP contribution in [0.25, 0.3) is 0 Å². The number of methoxy groups -OCH3 is 1. The molecule has 5 nitrogen and oxygen atoms in total. The van der Waals surface area contributed by atoms with E-state index in [1.54, 1.807) is 13.3 Å². The predicted octanol–water partition coefficient (Wildman–Crippen LogP) is 2.48. The van der Waals surface area contributed by atoms with Crippen LogP contribution in [0.4, 0.5) is 0 Å². The Hall–Kier alpha value is -2.11. The van der Waals surface area contributed by atoms with Crippen molar-refractivity contribution in [2.24, 2.45) is 5.92 Å². The number of aliphatic hydroxyl groups excluding tert-OH is 1. The minimum absolute atomic E-state index is 0.262. The van der Waals surface area contributed by atoms with E-state index in [4.69, 9.17) is 9.47 Å². The smallest absolute Gasteiger partial charge is 0.130 e. The van der Waals surface area contributed by atoms with Crippen LogP contribution in [0.1, 0.15) is 17.7 Å². The molecule has 0 saturated carbocycles. The lowest BCUT2D eigenvalue weighted by atomic mass is 10.1. The van der Waals surface area contributed by atoms with Crippen molar-refractivity contribution < 1.29 is 14.6 Å². The standard InChI is InChI=1S/C19H24N2O3/c1-23-18-5-6-19(24-14-17-4-2-3-8-20-17)16(10-18)12-21-9-7-15(11-21)13-22/h2-6,8,10,15,22H,7,9,11-14H2,1H3. The van der Waals surface area contributed by atoms with Crippen LogP contribution in [-0.2, 0) is 13.2 Å². The van der Waals surface area contributed by atoms with Gasteiger partial charge < -0.3 is 14.6 Å². The molecule has 1 unspecified atom stereocenters. The molecule has 0 bridgehead atoms.